The second kappa shape index (κ2) is 8.63. The molecule has 1 unspecified atom stereocenters. The van der Waals surface area contributed by atoms with Crippen molar-refractivity contribution < 1.29 is 9.59 Å². The molecule has 6 heteroatoms. The van der Waals surface area contributed by atoms with Crippen LogP contribution in [0.4, 0.5) is 0 Å². The number of piperidine rings is 1. The number of carbonyl (C=O) groups is 2. The zero-order chi connectivity index (χ0) is 22.0. The number of primary amides is 1. The number of rotatable bonds is 5. The van der Waals surface area contributed by atoms with Gasteiger partial charge in [0.05, 0.1) is 16.6 Å². The van der Waals surface area contributed by atoms with Gasteiger partial charge in [0.2, 0.25) is 5.91 Å². The fourth-order valence-electron chi connectivity index (χ4n) is 4.46. The molecule has 1 aliphatic rings. The summed E-state index contributed by atoms with van der Waals surface area (Å²) in [6, 6.07) is 16.6. The highest BCUT2D eigenvalue weighted by atomic mass is 32.1. The fraction of sp³-hybridized carbons (Fsp3) is 0.320. The van der Waals surface area contributed by atoms with E-state index in [2.05, 4.69) is 42.2 Å². The summed E-state index contributed by atoms with van der Waals surface area (Å²) in [6.07, 6.45) is 1.96. The highest BCUT2D eigenvalue weighted by Crippen LogP contribution is 2.35. The molecule has 0 bridgehead atoms. The van der Waals surface area contributed by atoms with Crippen LogP contribution in [0.1, 0.15) is 39.3 Å². The Morgan fingerprint density at radius 2 is 1.87 bits per heavy atom. The van der Waals surface area contributed by atoms with Crippen LogP contribution in [0.5, 0.6) is 0 Å². The summed E-state index contributed by atoms with van der Waals surface area (Å²) in [4.78, 5) is 32.3. The first-order chi connectivity index (χ1) is 14.9. The Bertz CT molecular complexity index is 1120. The third-order valence-corrected chi connectivity index (χ3v) is 7.06. The lowest BCUT2D eigenvalue weighted by Crippen LogP contribution is -2.53. The Morgan fingerprint density at radius 3 is 2.55 bits per heavy atom. The van der Waals surface area contributed by atoms with E-state index in [4.69, 9.17) is 5.73 Å². The molecule has 2 aromatic carbocycles. The van der Waals surface area contributed by atoms with E-state index in [1.54, 1.807) is 10.4 Å². The zero-order valence-corrected chi connectivity index (χ0v) is 18.7. The maximum absolute atomic E-state index is 13.1. The molecule has 1 aliphatic heterocycles. The maximum atomic E-state index is 13.1. The van der Waals surface area contributed by atoms with Crippen LogP contribution in [-0.4, -0.2) is 34.8 Å². The van der Waals surface area contributed by atoms with Gasteiger partial charge in [0, 0.05) is 13.1 Å². The second-order valence-corrected chi connectivity index (χ2v) is 9.34. The van der Waals surface area contributed by atoms with Crippen LogP contribution in [0.25, 0.3) is 11.1 Å². The molecule has 160 valence electrons. The summed E-state index contributed by atoms with van der Waals surface area (Å²) >= 11 is 1.35. The molecule has 3 aromatic rings. The van der Waals surface area contributed by atoms with Crippen molar-refractivity contribution in [2.75, 3.05) is 13.1 Å². The van der Waals surface area contributed by atoms with Gasteiger partial charge in [0.1, 0.15) is 4.88 Å². The van der Waals surface area contributed by atoms with E-state index in [0.717, 1.165) is 28.8 Å². The minimum Gasteiger partial charge on any atom is -0.369 e. The highest BCUT2D eigenvalue weighted by Gasteiger charge is 2.42. The Balaban J connectivity index is 1.60. The van der Waals surface area contributed by atoms with Crippen LogP contribution in [0, 0.1) is 19.3 Å². The van der Waals surface area contributed by atoms with E-state index in [1.165, 1.54) is 16.9 Å². The van der Waals surface area contributed by atoms with Crippen molar-refractivity contribution in [1.82, 2.24) is 9.88 Å². The fourth-order valence-corrected chi connectivity index (χ4v) is 5.23. The number of benzene rings is 2. The van der Waals surface area contributed by atoms with E-state index >= 15 is 0 Å². The number of likely N-dealkylation sites (tertiary alicyclic amines) is 1. The Labute approximate surface area is 186 Å². The number of nitrogens with two attached hydrogens (primary N) is 1. The first-order valence-corrected chi connectivity index (χ1v) is 11.4. The number of nitrogens with zero attached hydrogens (tertiary/aromatic N) is 2. The number of carbonyl (C=O) groups excluding carboxylic acids is 2. The molecular formula is C25H27N3O2S. The topological polar surface area (TPSA) is 76.3 Å². The van der Waals surface area contributed by atoms with Gasteiger partial charge in [-0.25, -0.2) is 4.98 Å². The average molecular weight is 434 g/mol. The molecule has 2 amide bonds. The van der Waals surface area contributed by atoms with Gasteiger partial charge in [-0.3, -0.25) is 9.59 Å². The standard InChI is InChI=1S/C25H27N3O2S/c1-17-6-3-8-20(12-17)21-9-4-7-19(13-21)14-25(24(26)30)10-5-11-28(15-25)23(29)22-18(2)27-16-31-22/h3-4,6-9,12-13,16H,5,10-11,14-15H2,1-2H3,(H2,26,30). The van der Waals surface area contributed by atoms with Gasteiger partial charge < -0.3 is 10.6 Å². The molecule has 1 saturated heterocycles. The quantitative estimate of drug-likeness (QED) is 0.649. The summed E-state index contributed by atoms with van der Waals surface area (Å²) in [7, 11) is 0. The predicted octanol–water partition coefficient (Wildman–Crippen LogP) is 4.38. The van der Waals surface area contributed by atoms with E-state index in [9.17, 15) is 9.59 Å². The number of thiazole rings is 1. The summed E-state index contributed by atoms with van der Waals surface area (Å²) in [5, 5.41) is 0. The minimum atomic E-state index is -0.766. The Morgan fingerprint density at radius 1 is 1.13 bits per heavy atom. The van der Waals surface area contributed by atoms with Crippen molar-refractivity contribution in [1.29, 1.82) is 0 Å². The van der Waals surface area contributed by atoms with Crippen LogP contribution in [0.3, 0.4) is 0 Å². The molecule has 0 radical (unpaired) electrons. The molecule has 5 nitrogen and oxygen atoms in total. The Hall–Kier alpha value is -2.99. The SMILES string of the molecule is Cc1cccc(-c2cccc(CC3(C(N)=O)CCCN(C(=O)c4scnc4C)C3)c2)c1. The van der Waals surface area contributed by atoms with Crippen LogP contribution in [0.15, 0.2) is 54.0 Å². The molecule has 4 rings (SSSR count). The zero-order valence-electron chi connectivity index (χ0n) is 17.9. The summed E-state index contributed by atoms with van der Waals surface area (Å²) in [5.41, 5.74) is 12.1. The monoisotopic (exact) mass is 433 g/mol. The predicted molar refractivity (Wildman–Crippen MR) is 124 cm³/mol. The van der Waals surface area contributed by atoms with Gasteiger partial charge >= 0.3 is 0 Å². The number of aromatic nitrogens is 1. The molecular weight excluding hydrogens is 406 g/mol. The maximum Gasteiger partial charge on any atom is 0.265 e. The molecule has 0 saturated carbocycles. The van der Waals surface area contributed by atoms with Crippen LogP contribution >= 0.6 is 11.3 Å². The van der Waals surface area contributed by atoms with Gasteiger partial charge in [0.25, 0.3) is 5.91 Å². The lowest BCUT2D eigenvalue weighted by Gasteiger charge is -2.41. The van der Waals surface area contributed by atoms with Crippen molar-refractivity contribution in [3.63, 3.8) is 0 Å². The number of amides is 2. The number of aryl methyl sites for hydroxylation is 2. The van der Waals surface area contributed by atoms with Crippen LogP contribution in [0.2, 0.25) is 0 Å². The molecule has 2 heterocycles. The largest absolute Gasteiger partial charge is 0.369 e. The van der Waals surface area contributed by atoms with Gasteiger partial charge in [-0.2, -0.15) is 0 Å². The van der Waals surface area contributed by atoms with Crippen LogP contribution < -0.4 is 5.73 Å². The first-order valence-electron chi connectivity index (χ1n) is 10.5. The second-order valence-electron chi connectivity index (χ2n) is 8.49. The lowest BCUT2D eigenvalue weighted by atomic mass is 9.74. The van der Waals surface area contributed by atoms with Crippen molar-refractivity contribution in [2.45, 2.75) is 33.1 Å². The van der Waals surface area contributed by atoms with Crippen LogP contribution in [-0.2, 0) is 11.2 Å². The molecule has 0 spiro atoms. The van der Waals surface area contributed by atoms with E-state index < -0.39 is 5.41 Å². The highest BCUT2D eigenvalue weighted by molar-refractivity contribution is 7.11. The molecule has 1 fully saturated rings. The van der Waals surface area contributed by atoms with Crippen molar-refractivity contribution in [3.8, 4) is 11.1 Å². The molecule has 2 N–H and O–H groups in total. The lowest BCUT2D eigenvalue weighted by molar-refractivity contribution is -0.130. The molecule has 1 aromatic heterocycles. The van der Waals surface area contributed by atoms with Gasteiger partial charge in [-0.05, 0) is 49.8 Å². The Kier molecular flexibility index (Phi) is 5.92. The third kappa shape index (κ3) is 4.39. The van der Waals surface area contributed by atoms with Gasteiger partial charge in [-0.1, -0.05) is 54.1 Å². The smallest absolute Gasteiger partial charge is 0.265 e. The minimum absolute atomic E-state index is 0.0566. The van der Waals surface area contributed by atoms with E-state index in [1.807, 2.05) is 25.1 Å². The number of hydrogen-bond donors (Lipinski definition) is 1. The van der Waals surface area contributed by atoms with Crippen molar-refractivity contribution >= 4 is 23.2 Å². The van der Waals surface area contributed by atoms with Crippen molar-refractivity contribution in [3.05, 3.63) is 75.7 Å². The van der Waals surface area contributed by atoms with E-state index in [-0.39, 0.29) is 11.8 Å². The molecule has 31 heavy (non-hydrogen) atoms. The summed E-state index contributed by atoms with van der Waals surface area (Å²) < 4.78 is 0. The summed E-state index contributed by atoms with van der Waals surface area (Å²) in [6.45, 7) is 4.89. The van der Waals surface area contributed by atoms with Crippen molar-refractivity contribution in [2.24, 2.45) is 11.1 Å². The third-order valence-electron chi connectivity index (χ3n) is 6.15. The van der Waals surface area contributed by atoms with Gasteiger partial charge in [0.15, 0.2) is 0 Å². The molecule has 1 atom stereocenters. The van der Waals surface area contributed by atoms with E-state index in [0.29, 0.717) is 30.8 Å². The normalized spacial score (nSPS) is 18.7. The first kappa shape index (κ1) is 21.2. The average Bonchev–Trinajstić information content (AvgIpc) is 3.19. The number of hydrogen-bond acceptors (Lipinski definition) is 4. The van der Waals surface area contributed by atoms with Gasteiger partial charge in [-0.15, -0.1) is 11.3 Å². The summed E-state index contributed by atoms with van der Waals surface area (Å²) in [5.74, 6) is -0.397. The molecule has 0 aliphatic carbocycles.